The average Bonchev–Trinajstić information content (AvgIpc) is 3.11. The van der Waals surface area contributed by atoms with Gasteiger partial charge in [0, 0.05) is 43.8 Å². The van der Waals surface area contributed by atoms with Gasteiger partial charge in [0.15, 0.2) is 0 Å². The van der Waals surface area contributed by atoms with Crippen molar-refractivity contribution in [2.75, 3.05) is 43.4 Å². The molecule has 1 aliphatic rings. The highest BCUT2D eigenvalue weighted by Gasteiger charge is 2.15. The van der Waals surface area contributed by atoms with Crippen molar-refractivity contribution >= 4 is 28.7 Å². The minimum atomic E-state index is 0.561. The Balaban J connectivity index is 1.57. The molecular formula is C22H24N6S. The van der Waals surface area contributed by atoms with Crippen LogP contribution in [-0.4, -0.2) is 48.1 Å². The Morgan fingerprint density at radius 1 is 1.10 bits per heavy atom. The van der Waals surface area contributed by atoms with E-state index in [1.54, 1.807) is 0 Å². The van der Waals surface area contributed by atoms with Crippen molar-refractivity contribution in [3.8, 4) is 16.6 Å². The summed E-state index contributed by atoms with van der Waals surface area (Å²) in [5, 5.41) is 12.6. The number of nitrogens with zero attached hydrogens (tertiary/aromatic N) is 5. The lowest BCUT2D eigenvalue weighted by molar-refractivity contribution is 0.313. The fourth-order valence-corrected chi connectivity index (χ4v) is 4.46. The second-order valence-corrected chi connectivity index (χ2v) is 8.48. The summed E-state index contributed by atoms with van der Waals surface area (Å²) in [5.74, 6) is 0.561. The highest BCUT2D eigenvalue weighted by atomic mass is 32.1. The quantitative estimate of drug-likeness (QED) is 0.703. The second-order valence-electron chi connectivity index (χ2n) is 7.43. The van der Waals surface area contributed by atoms with E-state index in [9.17, 15) is 5.26 Å². The van der Waals surface area contributed by atoms with Crippen molar-refractivity contribution in [1.82, 2.24) is 14.9 Å². The van der Waals surface area contributed by atoms with E-state index >= 15 is 0 Å². The number of hydrogen-bond acceptors (Lipinski definition) is 7. The zero-order chi connectivity index (χ0) is 20.4. The minimum absolute atomic E-state index is 0.561. The predicted octanol–water partition coefficient (Wildman–Crippen LogP) is 4.19. The lowest BCUT2D eigenvalue weighted by Gasteiger charge is -2.34. The van der Waals surface area contributed by atoms with Gasteiger partial charge in [0.25, 0.3) is 0 Å². The molecule has 1 aliphatic heterocycles. The molecule has 1 N–H and O–H groups in total. The van der Waals surface area contributed by atoms with Gasteiger partial charge in [-0.15, -0.1) is 11.3 Å². The maximum atomic E-state index is 9.25. The van der Waals surface area contributed by atoms with Crippen LogP contribution in [0.5, 0.6) is 0 Å². The van der Waals surface area contributed by atoms with Crippen molar-refractivity contribution in [3.63, 3.8) is 0 Å². The van der Waals surface area contributed by atoms with E-state index in [4.69, 9.17) is 4.98 Å². The number of anilines is 3. The van der Waals surface area contributed by atoms with Gasteiger partial charge >= 0.3 is 0 Å². The average molecular weight is 405 g/mol. The van der Waals surface area contributed by atoms with Crippen LogP contribution in [0.2, 0.25) is 0 Å². The number of rotatable bonds is 4. The fraction of sp³-hybridized carbons (Fsp3) is 0.318. The third-order valence-electron chi connectivity index (χ3n) is 5.20. The van der Waals surface area contributed by atoms with Crippen LogP contribution in [0.25, 0.3) is 10.6 Å². The number of hydrogen-bond donors (Lipinski definition) is 1. The Morgan fingerprint density at radius 2 is 1.90 bits per heavy atom. The van der Waals surface area contributed by atoms with Gasteiger partial charge in [0.2, 0.25) is 5.95 Å². The molecule has 1 aromatic carbocycles. The van der Waals surface area contributed by atoms with E-state index in [0.717, 1.165) is 58.4 Å². The van der Waals surface area contributed by atoms with Gasteiger partial charge < -0.3 is 15.1 Å². The van der Waals surface area contributed by atoms with E-state index < -0.39 is 0 Å². The van der Waals surface area contributed by atoms with Crippen molar-refractivity contribution < 1.29 is 0 Å². The van der Waals surface area contributed by atoms with Crippen molar-refractivity contribution in [2.45, 2.75) is 13.8 Å². The maximum Gasteiger partial charge on any atom is 0.227 e. The van der Waals surface area contributed by atoms with E-state index in [0.29, 0.717) is 5.95 Å². The van der Waals surface area contributed by atoms with Crippen LogP contribution in [0, 0.1) is 25.2 Å². The Kier molecular flexibility index (Phi) is 5.47. The first kappa shape index (κ1) is 19.4. The number of nitriles is 1. The molecule has 3 aromatic rings. The number of aromatic nitrogens is 2. The molecule has 0 spiro atoms. The Labute approximate surface area is 175 Å². The molecule has 0 unspecified atom stereocenters. The monoisotopic (exact) mass is 404 g/mol. The second kappa shape index (κ2) is 8.19. The minimum Gasteiger partial charge on any atom is -0.369 e. The highest BCUT2D eigenvalue weighted by molar-refractivity contribution is 7.16. The van der Waals surface area contributed by atoms with E-state index in [2.05, 4.69) is 51.4 Å². The largest absolute Gasteiger partial charge is 0.369 e. The standard InChI is InChI=1S/C22H24N6S/c1-15-11-19(29-20(15)13-23)21-16(2)14-24-22(26-21)25-17-5-4-6-18(12-17)28-9-7-27(3)8-10-28/h4-6,11-12,14H,7-10H2,1-3H3,(H,24,25,26). The molecule has 4 rings (SSSR count). The summed E-state index contributed by atoms with van der Waals surface area (Å²) in [6.07, 6.45) is 1.83. The molecule has 3 heterocycles. The first-order valence-electron chi connectivity index (χ1n) is 9.68. The van der Waals surface area contributed by atoms with Crippen LogP contribution in [-0.2, 0) is 0 Å². The molecule has 7 heteroatoms. The van der Waals surface area contributed by atoms with Crippen LogP contribution in [0.4, 0.5) is 17.3 Å². The van der Waals surface area contributed by atoms with Crippen LogP contribution < -0.4 is 10.2 Å². The molecular weight excluding hydrogens is 380 g/mol. The summed E-state index contributed by atoms with van der Waals surface area (Å²) in [7, 11) is 2.16. The number of likely N-dealkylation sites (N-methyl/N-ethyl adjacent to an activating group) is 1. The van der Waals surface area contributed by atoms with E-state index in [1.807, 2.05) is 32.2 Å². The molecule has 1 fully saturated rings. The molecule has 29 heavy (non-hydrogen) atoms. The molecule has 1 saturated heterocycles. The van der Waals surface area contributed by atoms with Crippen LogP contribution >= 0.6 is 11.3 Å². The Morgan fingerprint density at radius 3 is 2.62 bits per heavy atom. The summed E-state index contributed by atoms with van der Waals surface area (Å²) >= 11 is 1.47. The molecule has 0 atom stereocenters. The number of benzene rings is 1. The van der Waals surface area contributed by atoms with Crippen LogP contribution in [0.15, 0.2) is 36.5 Å². The number of piperazine rings is 1. The molecule has 0 bridgehead atoms. The fourth-order valence-electron chi connectivity index (χ4n) is 3.44. The van der Waals surface area contributed by atoms with Gasteiger partial charge in [-0.05, 0) is 56.3 Å². The van der Waals surface area contributed by atoms with Gasteiger partial charge in [-0.3, -0.25) is 0 Å². The van der Waals surface area contributed by atoms with Crippen LogP contribution in [0.1, 0.15) is 16.0 Å². The Bertz CT molecular complexity index is 1060. The smallest absolute Gasteiger partial charge is 0.227 e. The highest BCUT2D eigenvalue weighted by Crippen LogP contribution is 2.32. The molecule has 148 valence electrons. The van der Waals surface area contributed by atoms with E-state index in [-0.39, 0.29) is 0 Å². The number of thiophene rings is 1. The summed E-state index contributed by atoms with van der Waals surface area (Å²) in [6.45, 7) is 8.17. The maximum absolute atomic E-state index is 9.25. The van der Waals surface area contributed by atoms with Crippen molar-refractivity contribution in [1.29, 1.82) is 5.26 Å². The SMILES string of the molecule is Cc1cnc(Nc2cccc(N3CCN(C)CC3)c2)nc1-c1cc(C)c(C#N)s1. The zero-order valence-electron chi connectivity index (χ0n) is 16.9. The lowest BCUT2D eigenvalue weighted by Crippen LogP contribution is -2.44. The number of aryl methyl sites for hydroxylation is 2. The van der Waals surface area contributed by atoms with Gasteiger partial charge in [-0.1, -0.05) is 6.07 Å². The summed E-state index contributed by atoms with van der Waals surface area (Å²) in [6, 6.07) is 12.7. The van der Waals surface area contributed by atoms with Crippen molar-refractivity contribution in [2.24, 2.45) is 0 Å². The van der Waals surface area contributed by atoms with Gasteiger partial charge in [-0.25, -0.2) is 9.97 Å². The predicted molar refractivity (Wildman–Crippen MR) is 119 cm³/mol. The first-order valence-corrected chi connectivity index (χ1v) is 10.5. The zero-order valence-corrected chi connectivity index (χ0v) is 17.8. The van der Waals surface area contributed by atoms with Gasteiger partial charge in [-0.2, -0.15) is 5.26 Å². The molecule has 2 aromatic heterocycles. The van der Waals surface area contributed by atoms with Crippen molar-refractivity contribution in [3.05, 3.63) is 52.5 Å². The molecule has 0 radical (unpaired) electrons. The normalized spacial score (nSPS) is 14.6. The lowest BCUT2D eigenvalue weighted by atomic mass is 10.2. The third-order valence-corrected chi connectivity index (χ3v) is 6.34. The topological polar surface area (TPSA) is 68.1 Å². The summed E-state index contributed by atoms with van der Waals surface area (Å²) in [5.41, 5.74) is 5.03. The molecule has 0 saturated carbocycles. The molecule has 6 nitrogen and oxygen atoms in total. The molecule has 0 aliphatic carbocycles. The van der Waals surface area contributed by atoms with Crippen LogP contribution in [0.3, 0.4) is 0 Å². The van der Waals surface area contributed by atoms with Gasteiger partial charge in [0.1, 0.15) is 10.9 Å². The summed E-state index contributed by atoms with van der Waals surface area (Å²) in [4.78, 5) is 15.7. The third kappa shape index (κ3) is 4.24. The van der Waals surface area contributed by atoms with Gasteiger partial charge in [0.05, 0.1) is 10.6 Å². The first-order chi connectivity index (χ1) is 14.0. The molecule has 0 amide bonds. The Hall–Kier alpha value is -2.95. The number of nitrogens with one attached hydrogen (secondary N) is 1. The summed E-state index contributed by atoms with van der Waals surface area (Å²) < 4.78 is 0. The van der Waals surface area contributed by atoms with E-state index in [1.165, 1.54) is 17.0 Å².